The molecule has 0 spiro atoms. The Hall–Kier alpha value is -0.910. The number of nitrogens with one attached hydrogen (secondary N) is 1. The van der Waals surface area contributed by atoms with Gasteiger partial charge in [-0.1, -0.05) is 0 Å². The zero-order valence-electron chi connectivity index (χ0n) is 6.45. The van der Waals surface area contributed by atoms with Crippen molar-refractivity contribution in [3.63, 3.8) is 0 Å². The monoisotopic (exact) mass is 192 g/mol. The Morgan fingerprint density at radius 2 is 2.00 bits per heavy atom. The standard InChI is InChI=1S/C6H10NO4S/c8-4-2-1-3-5-12(10,11)7-6-9/h6H,1-3,5H2,(H,7,9). The predicted octanol–water partition coefficient (Wildman–Crippen LogP) is -0.658. The number of sulfonamides is 1. The molecule has 6 heteroatoms. The Morgan fingerprint density at radius 3 is 2.50 bits per heavy atom. The van der Waals surface area contributed by atoms with Gasteiger partial charge in [0.2, 0.25) is 16.4 Å². The molecule has 0 atom stereocenters. The maximum Gasteiger partial charge on any atom is 0.234 e. The summed E-state index contributed by atoms with van der Waals surface area (Å²) in [6.45, 7) is 0. The summed E-state index contributed by atoms with van der Waals surface area (Å²) in [6.07, 6.45) is 2.85. The molecule has 0 saturated heterocycles. The number of rotatable bonds is 7. The fourth-order valence-electron chi connectivity index (χ4n) is 0.621. The Bertz CT molecular complexity index is 234. The lowest BCUT2D eigenvalue weighted by Gasteiger charge is -1.99. The fourth-order valence-corrected chi connectivity index (χ4v) is 1.47. The van der Waals surface area contributed by atoms with Crippen LogP contribution in [0.2, 0.25) is 0 Å². The van der Waals surface area contributed by atoms with E-state index >= 15 is 0 Å². The van der Waals surface area contributed by atoms with Crippen molar-refractivity contribution in [2.24, 2.45) is 0 Å². The highest BCUT2D eigenvalue weighted by Crippen LogP contribution is 1.95. The Balaban J connectivity index is 3.61. The van der Waals surface area contributed by atoms with E-state index in [9.17, 15) is 18.0 Å². The summed E-state index contributed by atoms with van der Waals surface area (Å²) in [6, 6.07) is 0. The molecule has 0 rings (SSSR count). The third-order valence-electron chi connectivity index (χ3n) is 1.17. The van der Waals surface area contributed by atoms with Crippen LogP contribution in [0.1, 0.15) is 19.3 Å². The zero-order chi connectivity index (χ0) is 9.45. The van der Waals surface area contributed by atoms with E-state index in [1.54, 1.807) is 11.0 Å². The largest absolute Gasteiger partial charge is 0.291 e. The van der Waals surface area contributed by atoms with Crippen LogP contribution in [-0.2, 0) is 19.6 Å². The summed E-state index contributed by atoms with van der Waals surface area (Å²) in [5.74, 6) is -0.132. The molecular weight excluding hydrogens is 182 g/mol. The van der Waals surface area contributed by atoms with Crippen LogP contribution in [0.4, 0.5) is 0 Å². The van der Waals surface area contributed by atoms with E-state index in [4.69, 9.17) is 0 Å². The van der Waals surface area contributed by atoms with Crippen LogP contribution in [0.25, 0.3) is 0 Å². The van der Waals surface area contributed by atoms with Gasteiger partial charge in [-0.3, -0.25) is 14.3 Å². The summed E-state index contributed by atoms with van der Waals surface area (Å²) in [7, 11) is -3.46. The molecule has 1 radical (unpaired) electrons. The lowest BCUT2D eigenvalue weighted by Crippen LogP contribution is -2.24. The normalized spacial score (nSPS) is 10.7. The maximum absolute atomic E-state index is 10.8. The van der Waals surface area contributed by atoms with Crippen molar-refractivity contribution in [1.82, 2.24) is 4.72 Å². The van der Waals surface area contributed by atoms with Gasteiger partial charge in [-0.15, -0.1) is 0 Å². The molecule has 0 aromatic rings. The highest BCUT2D eigenvalue weighted by molar-refractivity contribution is 7.89. The van der Waals surface area contributed by atoms with Crippen molar-refractivity contribution in [3.8, 4) is 0 Å². The van der Waals surface area contributed by atoms with Gasteiger partial charge in [-0.05, 0) is 12.8 Å². The van der Waals surface area contributed by atoms with Crippen LogP contribution in [0.3, 0.4) is 0 Å². The molecule has 0 aromatic heterocycles. The fraction of sp³-hybridized carbons (Fsp3) is 0.667. The second kappa shape index (κ2) is 5.70. The van der Waals surface area contributed by atoms with Gasteiger partial charge in [0.05, 0.1) is 5.75 Å². The average molecular weight is 192 g/mol. The molecular formula is C6H10NO4S. The Labute approximate surface area is 71.2 Å². The lowest BCUT2D eigenvalue weighted by molar-refractivity contribution is -0.108. The van der Waals surface area contributed by atoms with E-state index in [0.717, 1.165) is 0 Å². The number of carbonyl (C=O) groups is 1. The van der Waals surface area contributed by atoms with E-state index in [2.05, 4.69) is 0 Å². The number of hydrogen-bond donors (Lipinski definition) is 1. The van der Waals surface area contributed by atoms with Crippen LogP contribution < -0.4 is 4.72 Å². The van der Waals surface area contributed by atoms with Gasteiger partial charge in [0.1, 0.15) is 0 Å². The number of hydrogen-bond acceptors (Lipinski definition) is 4. The Morgan fingerprint density at radius 1 is 1.33 bits per heavy atom. The maximum atomic E-state index is 10.8. The molecule has 1 N–H and O–H groups in total. The lowest BCUT2D eigenvalue weighted by atomic mass is 10.3. The van der Waals surface area contributed by atoms with Gasteiger partial charge >= 0.3 is 0 Å². The smallest absolute Gasteiger partial charge is 0.234 e. The van der Waals surface area contributed by atoms with Crippen LogP contribution >= 0.6 is 0 Å². The molecule has 0 aliphatic rings. The minimum absolute atomic E-state index is 0.126. The number of unbranched alkanes of at least 4 members (excludes halogenated alkanes) is 2. The molecule has 0 bridgehead atoms. The summed E-state index contributed by atoms with van der Waals surface area (Å²) < 4.78 is 23.2. The van der Waals surface area contributed by atoms with Gasteiger partial charge < -0.3 is 0 Å². The topological polar surface area (TPSA) is 80.3 Å². The second-order valence-electron chi connectivity index (χ2n) is 2.16. The van der Waals surface area contributed by atoms with Crippen molar-refractivity contribution in [2.45, 2.75) is 19.3 Å². The van der Waals surface area contributed by atoms with Crippen molar-refractivity contribution >= 4 is 22.7 Å². The molecule has 5 nitrogen and oxygen atoms in total. The first-order valence-corrected chi connectivity index (χ1v) is 5.06. The third-order valence-corrected chi connectivity index (χ3v) is 2.45. The number of carbonyl (C=O) groups excluding carboxylic acids is 2. The van der Waals surface area contributed by atoms with Gasteiger partial charge in [-0.25, -0.2) is 8.42 Å². The zero-order valence-corrected chi connectivity index (χ0v) is 7.26. The average Bonchev–Trinajstić information content (AvgIpc) is 1.98. The van der Waals surface area contributed by atoms with E-state index in [0.29, 0.717) is 12.8 Å². The van der Waals surface area contributed by atoms with Crippen LogP contribution in [-0.4, -0.2) is 26.9 Å². The first kappa shape index (κ1) is 11.1. The van der Waals surface area contributed by atoms with Gasteiger partial charge in [0, 0.05) is 6.42 Å². The molecule has 0 aliphatic heterocycles. The molecule has 0 aromatic carbocycles. The van der Waals surface area contributed by atoms with Crippen molar-refractivity contribution in [3.05, 3.63) is 0 Å². The van der Waals surface area contributed by atoms with Crippen LogP contribution in [0.5, 0.6) is 0 Å². The minimum Gasteiger partial charge on any atom is -0.291 e. The van der Waals surface area contributed by atoms with E-state index < -0.39 is 10.0 Å². The number of amides is 1. The van der Waals surface area contributed by atoms with Gasteiger partial charge in [-0.2, -0.15) is 0 Å². The summed E-state index contributed by atoms with van der Waals surface area (Å²) in [5, 5.41) is 0. The van der Waals surface area contributed by atoms with E-state index in [1.807, 2.05) is 0 Å². The van der Waals surface area contributed by atoms with Gasteiger partial charge in [0.25, 0.3) is 0 Å². The summed E-state index contributed by atoms with van der Waals surface area (Å²) in [5.41, 5.74) is 0. The predicted molar refractivity (Wildman–Crippen MR) is 42.5 cm³/mol. The molecule has 0 aliphatic carbocycles. The van der Waals surface area contributed by atoms with E-state index in [1.165, 1.54) is 0 Å². The molecule has 12 heavy (non-hydrogen) atoms. The quantitative estimate of drug-likeness (QED) is 0.429. The molecule has 0 saturated carbocycles. The molecule has 0 fully saturated rings. The molecule has 0 heterocycles. The van der Waals surface area contributed by atoms with Crippen molar-refractivity contribution < 1.29 is 18.0 Å². The first-order valence-electron chi connectivity index (χ1n) is 3.41. The highest BCUT2D eigenvalue weighted by Gasteiger charge is 2.06. The molecule has 0 unspecified atom stereocenters. The summed E-state index contributed by atoms with van der Waals surface area (Å²) >= 11 is 0. The Kier molecular flexibility index (Phi) is 5.27. The molecule has 1 amide bonds. The van der Waals surface area contributed by atoms with Crippen molar-refractivity contribution in [2.75, 3.05) is 5.75 Å². The third kappa shape index (κ3) is 5.84. The second-order valence-corrected chi connectivity index (χ2v) is 4.03. The van der Waals surface area contributed by atoms with Gasteiger partial charge in [0.15, 0.2) is 6.29 Å². The minimum atomic E-state index is -3.46. The highest BCUT2D eigenvalue weighted by atomic mass is 32.2. The SMILES string of the molecule is O=[C]CCCCS(=O)(=O)NC=O. The molecule has 69 valence electrons. The summed E-state index contributed by atoms with van der Waals surface area (Å²) in [4.78, 5) is 19.5. The van der Waals surface area contributed by atoms with Crippen LogP contribution in [0.15, 0.2) is 0 Å². The van der Waals surface area contributed by atoms with E-state index in [-0.39, 0.29) is 18.6 Å². The first-order chi connectivity index (χ1) is 5.62. The van der Waals surface area contributed by atoms with Crippen LogP contribution in [0, 0.1) is 0 Å². The van der Waals surface area contributed by atoms with Crippen molar-refractivity contribution in [1.29, 1.82) is 0 Å².